The summed E-state index contributed by atoms with van der Waals surface area (Å²) in [5, 5.41) is 0. The quantitative estimate of drug-likeness (QED) is 0.471. The molecule has 0 fully saturated rings. The summed E-state index contributed by atoms with van der Waals surface area (Å²) in [5.74, 6) is 0. The molecule has 0 heterocycles. The lowest BCUT2D eigenvalue weighted by Gasteiger charge is -1.78. The Morgan fingerprint density at radius 2 is 2.33 bits per heavy atom. The van der Waals surface area contributed by atoms with Crippen LogP contribution in [-0.4, -0.2) is 0 Å². The number of hydrogen-bond acceptors (Lipinski definition) is 1. The van der Waals surface area contributed by atoms with Gasteiger partial charge in [0.2, 0.25) is 0 Å². The predicted molar refractivity (Wildman–Crippen MR) is 28.1 cm³/mol. The fourth-order valence-electron chi connectivity index (χ4n) is 0.186. The topological polar surface area (TPSA) is 26.0 Å². The third kappa shape index (κ3) is 3.28. The fourth-order valence-corrected chi connectivity index (χ4v) is 0.186. The minimum Gasteiger partial charge on any atom is -0.402 e. The molecule has 0 spiro atoms. The first kappa shape index (κ1) is 5.28. The molecular formula is C5H9N. The average molecular weight is 83.1 g/mol. The van der Waals surface area contributed by atoms with Gasteiger partial charge in [0.25, 0.3) is 0 Å². The van der Waals surface area contributed by atoms with Gasteiger partial charge in [-0.2, -0.15) is 0 Å². The molecule has 1 nitrogen and oxygen atoms in total. The Hall–Kier alpha value is -0.720. The second kappa shape index (κ2) is 2.51. The first-order chi connectivity index (χ1) is 2.77. The van der Waals surface area contributed by atoms with Gasteiger partial charge >= 0.3 is 0 Å². The zero-order valence-electron chi connectivity index (χ0n) is 3.94. The molecule has 0 bridgehead atoms. The van der Waals surface area contributed by atoms with E-state index in [1.165, 1.54) is 0 Å². The molecule has 0 atom stereocenters. The molecule has 6 heavy (non-hydrogen) atoms. The summed E-state index contributed by atoms with van der Waals surface area (Å²) in [7, 11) is 0. The van der Waals surface area contributed by atoms with Crippen LogP contribution in [0.5, 0.6) is 0 Å². The normalized spacial score (nSPS) is 11.2. The highest BCUT2D eigenvalue weighted by atomic mass is 14.5. The van der Waals surface area contributed by atoms with Crippen LogP contribution in [0.25, 0.3) is 0 Å². The Morgan fingerprint density at radius 1 is 1.83 bits per heavy atom. The lowest BCUT2D eigenvalue weighted by Crippen LogP contribution is -1.87. The van der Waals surface area contributed by atoms with E-state index in [0.717, 1.165) is 5.70 Å². The Kier molecular flexibility index (Phi) is 2.21. The van der Waals surface area contributed by atoms with Crippen LogP contribution in [0.4, 0.5) is 0 Å². The van der Waals surface area contributed by atoms with Crippen LogP contribution in [-0.2, 0) is 0 Å². The third-order valence-corrected chi connectivity index (χ3v) is 0.381. The summed E-state index contributed by atoms with van der Waals surface area (Å²) in [6.45, 7) is 5.27. The third-order valence-electron chi connectivity index (χ3n) is 0.381. The maximum absolute atomic E-state index is 5.19. The SMILES string of the molecule is C=C/C=C(/C)N. The first-order valence-corrected chi connectivity index (χ1v) is 1.82. The van der Waals surface area contributed by atoms with E-state index >= 15 is 0 Å². The van der Waals surface area contributed by atoms with Crippen LogP contribution in [0.15, 0.2) is 24.4 Å². The Balaban J connectivity index is 3.41. The summed E-state index contributed by atoms with van der Waals surface area (Å²) in [5.41, 5.74) is 5.99. The molecule has 0 aliphatic carbocycles. The molecule has 0 saturated heterocycles. The molecule has 0 rings (SSSR count). The van der Waals surface area contributed by atoms with Gasteiger partial charge in [-0.05, 0) is 13.0 Å². The van der Waals surface area contributed by atoms with E-state index in [1.54, 1.807) is 12.2 Å². The Bertz CT molecular complexity index is 68.0. The number of allylic oxidation sites excluding steroid dienone is 3. The van der Waals surface area contributed by atoms with Crippen molar-refractivity contribution in [3.8, 4) is 0 Å². The highest BCUT2D eigenvalue weighted by molar-refractivity contribution is 5.03. The average Bonchev–Trinajstić information content (AvgIpc) is 1.35. The Morgan fingerprint density at radius 3 is 2.33 bits per heavy atom. The van der Waals surface area contributed by atoms with E-state index < -0.39 is 0 Å². The minimum absolute atomic E-state index is 0.796. The number of hydrogen-bond donors (Lipinski definition) is 1. The first-order valence-electron chi connectivity index (χ1n) is 1.82. The molecule has 34 valence electrons. The molecular weight excluding hydrogens is 74.1 g/mol. The van der Waals surface area contributed by atoms with Crippen LogP contribution in [0.1, 0.15) is 6.92 Å². The summed E-state index contributed by atoms with van der Waals surface area (Å²) < 4.78 is 0. The van der Waals surface area contributed by atoms with Gasteiger partial charge in [0, 0.05) is 5.70 Å². The largest absolute Gasteiger partial charge is 0.402 e. The van der Waals surface area contributed by atoms with Crippen molar-refractivity contribution in [2.24, 2.45) is 5.73 Å². The van der Waals surface area contributed by atoms with Crippen LogP contribution >= 0.6 is 0 Å². The van der Waals surface area contributed by atoms with Gasteiger partial charge in [0.1, 0.15) is 0 Å². The van der Waals surface area contributed by atoms with Crippen molar-refractivity contribution < 1.29 is 0 Å². The van der Waals surface area contributed by atoms with Gasteiger partial charge < -0.3 is 5.73 Å². The Labute approximate surface area is 38.2 Å². The second-order valence-electron chi connectivity index (χ2n) is 1.15. The van der Waals surface area contributed by atoms with E-state index in [9.17, 15) is 0 Å². The fraction of sp³-hybridized carbons (Fsp3) is 0.200. The van der Waals surface area contributed by atoms with E-state index in [2.05, 4.69) is 6.58 Å². The van der Waals surface area contributed by atoms with Gasteiger partial charge in [-0.1, -0.05) is 12.7 Å². The van der Waals surface area contributed by atoms with E-state index in [-0.39, 0.29) is 0 Å². The predicted octanol–water partition coefficient (Wildman–Crippen LogP) is 1.03. The van der Waals surface area contributed by atoms with E-state index in [0.29, 0.717) is 0 Å². The highest BCUT2D eigenvalue weighted by Gasteiger charge is 1.63. The van der Waals surface area contributed by atoms with Gasteiger partial charge in [0.15, 0.2) is 0 Å². The molecule has 0 saturated carbocycles. The van der Waals surface area contributed by atoms with Crippen LogP contribution in [0.3, 0.4) is 0 Å². The molecule has 0 radical (unpaired) electrons. The standard InChI is InChI=1S/C5H9N/c1-3-4-5(2)6/h3-4H,1,6H2,2H3/b5-4-. The monoisotopic (exact) mass is 83.1 g/mol. The highest BCUT2D eigenvalue weighted by Crippen LogP contribution is 1.75. The molecule has 0 aromatic carbocycles. The summed E-state index contributed by atoms with van der Waals surface area (Å²) in [6.07, 6.45) is 3.41. The van der Waals surface area contributed by atoms with Crippen LogP contribution in [0.2, 0.25) is 0 Å². The van der Waals surface area contributed by atoms with E-state index in [1.807, 2.05) is 6.92 Å². The van der Waals surface area contributed by atoms with Gasteiger partial charge in [-0.25, -0.2) is 0 Å². The van der Waals surface area contributed by atoms with Crippen molar-refractivity contribution >= 4 is 0 Å². The van der Waals surface area contributed by atoms with Crippen LogP contribution in [0, 0.1) is 0 Å². The van der Waals surface area contributed by atoms with Crippen molar-refractivity contribution in [1.29, 1.82) is 0 Å². The maximum Gasteiger partial charge on any atom is 0.00486 e. The number of rotatable bonds is 1. The molecule has 0 amide bonds. The molecule has 0 aliphatic rings. The van der Waals surface area contributed by atoms with Crippen molar-refractivity contribution in [3.05, 3.63) is 24.4 Å². The second-order valence-corrected chi connectivity index (χ2v) is 1.15. The van der Waals surface area contributed by atoms with Crippen molar-refractivity contribution in [3.63, 3.8) is 0 Å². The summed E-state index contributed by atoms with van der Waals surface area (Å²) in [4.78, 5) is 0. The minimum atomic E-state index is 0.796. The zero-order chi connectivity index (χ0) is 4.99. The lowest BCUT2D eigenvalue weighted by atomic mass is 10.4. The lowest BCUT2D eigenvalue weighted by molar-refractivity contribution is 1.32. The molecule has 0 aliphatic heterocycles. The molecule has 0 unspecified atom stereocenters. The number of nitrogens with two attached hydrogens (primary N) is 1. The van der Waals surface area contributed by atoms with Gasteiger partial charge in [0.05, 0.1) is 0 Å². The van der Waals surface area contributed by atoms with Crippen molar-refractivity contribution in [1.82, 2.24) is 0 Å². The molecule has 0 aromatic heterocycles. The molecule has 1 heteroatoms. The molecule has 2 N–H and O–H groups in total. The maximum atomic E-state index is 5.19. The van der Waals surface area contributed by atoms with Crippen LogP contribution < -0.4 is 5.73 Å². The summed E-state index contributed by atoms with van der Waals surface area (Å²) in [6, 6.07) is 0. The van der Waals surface area contributed by atoms with Crippen molar-refractivity contribution in [2.75, 3.05) is 0 Å². The van der Waals surface area contributed by atoms with E-state index in [4.69, 9.17) is 5.73 Å². The van der Waals surface area contributed by atoms with Gasteiger partial charge in [-0.3, -0.25) is 0 Å². The zero-order valence-corrected chi connectivity index (χ0v) is 3.94. The smallest absolute Gasteiger partial charge is 0.00486 e. The summed E-state index contributed by atoms with van der Waals surface area (Å²) >= 11 is 0. The molecule has 0 aromatic rings. The van der Waals surface area contributed by atoms with Crippen molar-refractivity contribution in [2.45, 2.75) is 6.92 Å². The van der Waals surface area contributed by atoms with Gasteiger partial charge in [-0.15, -0.1) is 0 Å².